The van der Waals surface area contributed by atoms with Crippen LogP contribution < -0.4 is 10.2 Å². The zero-order valence-electron chi connectivity index (χ0n) is 16.0. The van der Waals surface area contributed by atoms with Crippen molar-refractivity contribution in [3.05, 3.63) is 65.2 Å². The second-order valence-electron chi connectivity index (χ2n) is 7.00. The summed E-state index contributed by atoms with van der Waals surface area (Å²) in [6.45, 7) is 1.84. The summed E-state index contributed by atoms with van der Waals surface area (Å²) in [7, 11) is 0. The topological polar surface area (TPSA) is 77.6 Å². The summed E-state index contributed by atoms with van der Waals surface area (Å²) in [5.74, 6) is -0.696. The molecule has 156 valence electrons. The number of hydrogen-bond acceptors (Lipinski definition) is 3. The molecular formula is C21H20F3N4O2+. The molecule has 2 N–H and O–H groups in total. The molecule has 6 nitrogen and oxygen atoms in total. The van der Waals surface area contributed by atoms with Crippen LogP contribution in [0.2, 0.25) is 0 Å². The highest BCUT2D eigenvalue weighted by Crippen LogP contribution is 2.34. The third kappa shape index (κ3) is 5.15. The fraction of sp³-hybridized carbons (Fsp3) is 0.286. The van der Waals surface area contributed by atoms with Crippen molar-refractivity contribution in [2.75, 3.05) is 38.0 Å². The number of amides is 2. The van der Waals surface area contributed by atoms with Crippen molar-refractivity contribution in [1.82, 2.24) is 4.90 Å². The molecule has 1 aliphatic heterocycles. The Kier molecular flexibility index (Phi) is 6.37. The van der Waals surface area contributed by atoms with E-state index < -0.39 is 17.6 Å². The van der Waals surface area contributed by atoms with Gasteiger partial charge in [0.2, 0.25) is 0 Å². The van der Waals surface area contributed by atoms with Gasteiger partial charge in [0.25, 0.3) is 11.8 Å². The lowest BCUT2D eigenvalue weighted by atomic mass is 10.1. The summed E-state index contributed by atoms with van der Waals surface area (Å²) in [6, 6.07) is 13.3. The Hall–Kier alpha value is -3.38. The monoisotopic (exact) mass is 417 g/mol. The van der Waals surface area contributed by atoms with Crippen LogP contribution in [-0.2, 0) is 11.0 Å². The van der Waals surface area contributed by atoms with Gasteiger partial charge in [-0.1, -0.05) is 18.2 Å². The summed E-state index contributed by atoms with van der Waals surface area (Å²) in [5, 5.41) is 11.3. The van der Waals surface area contributed by atoms with E-state index >= 15 is 0 Å². The molecule has 3 rings (SSSR count). The van der Waals surface area contributed by atoms with Crippen LogP contribution in [0.15, 0.2) is 48.5 Å². The number of carbonyl (C=O) groups is 2. The molecular weight excluding hydrogens is 397 g/mol. The van der Waals surface area contributed by atoms with Crippen molar-refractivity contribution in [1.29, 1.82) is 5.26 Å². The number of anilines is 1. The molecule has 2 amide bonds. The number of benzene rings is 2. The van der Waals surface area contributed by atoms with E-state index in [-0.39, 0.29) is 18.1 Å². The van der Waals surface area contributed by atoms with Crippen LogP contribution >= 0.6 is 0 Å². The molecule has 0 spiro atoms. The number of nitrogens with zero attached hydrogens (tertiary/aromatic N) is 2. The minimum absolute atomic E-state index is 0.0120. The first-order valence-electron chi connectivity index (χ1n) is 9.37. The zero-order chi connectivity index (χ0) is 21.7. The standard InChI is InChI=1S/C21H19F3N4O2/c22-21(23,24)17-6-1-2-7-18(17)26-19(29)14-27-8-10-28(11-9-27)20(30)16-5-3-4-15(12-16)13-25/h1-7,12H,8-11,14H2,(H,26,29)/p+1. The fourth-order valence-corrected chi connectivity index (χ4v) is 3.37. The molecule has 0 aromatic heterocycles. The molecule has 2 aromatic rings. The van der Waals surface area contributed by atoms with Gasteiger partial charge in [0.15, 0.2) is 6.54 Å². The number of para-hydroxylation sites is 1. The Bertz CT molecular complexity index is 977. The molecule has 0 atom stereocenters. The summed E-state index contributed by atoms with van der Waals surface area (Å²) >= 11 is 0. The number of halogens is 3. The molecule has 9 heteroatoms. The van der Waals surface area contributed by atoms with Gasteiger partial charge in [0.1, 0.15) is 0 Å². The minimum Gasteiger partial charge on any atom is -0.327 e. The molecule has 30 heavy (non-hydrogen) atoms. The number of hydrogen-bond donors (Lipinski definition) is 2. The van der Waals surface area contributed by atoms with Crippen LogP contribution in [0.3, 0.4) is 0 Å². The Morgan fingerprint density at radius 3 is 2.47 bits per heavy atom. The summed E-state index contributed by atoms with van der Waals surface area (Å²) in [5.41, 5.74) is -0.316. The lowest BCUT2D eigenvalue weighted by Crippen LogP contribution is -3.15. The summed E-state index contributed by atoms with van der Waals surface area (Å²) in [4.78, 5) is 27.4. The van der Waals surface area contributed by atoms with Crippen LogP contribution in [-0.4, -0.2) is 49.4 Å². The Morgan fingerprint density at radius 1 is 1.10 bits per heavy atom. The molecule has 1 aliphatic rings. The van der Waals surface area contributed by atoms with Gasteiger partial charge in [0.05, 0.1) is 49.1 Å². The van der Waals surface area contributed by atoms with Crippen molar-refractivity contribution in [3.8, 4) is 6.07 Å². The predicted molar refractivity (Wildman–Crippen MR) is 103 cm³/mol. The zero-order valence-corrected chi connectivity index (χ0v) is 16.0. The van der Waals surface area contributed by atoms with Gasteiger partial charge in [0, 0.05) is 5.56 Å². The fourth-order valence-electron chi connectivity index (χ4n) is 3.37. The van der Waals surface area contributed by atoms with Crippen LogP contribution in [0.1, 0.15) is 21.5 Å². The van der Waals surface area contributed by atoms with Gasteiger partial charge >= 0.3 is 6.18 Å². The van der Waals surface area contributed by atoms with Crippen LogP contribution in [0.5, 0.6) is 0 Å². The minimum atomic E-state index is -4.55. The SMILES string of the molecule is N#Cc1cccc(C(=O)N2CC[NH+](CC(=O)Nc3ccccc3C(F)(F)F)CC2)c1. The van der Waals surface area contributed by atoms with Gasteiger partial charge < -0.3 is 15.1 Å². The highest BCUT2D eigenvalue weighted by atomic mass is 19.4. The largest absolute Gasteiger partial charge is 0.418 e. The molecule has 0 bridgehead atoms. The first kappa shape index (κ1) is 21.3. The van der Waals surface area contributed by atoms with Crippen LogP contribution in [0, 0.1) is 11.3 Å². The van der Waals surface area contributed by atoms with Crippen molar-refractivity contribution >= 4 is 17.5 Å². The second-order valence-corrected chi connectivity index (χ2v) is 7.00. The first-order valence-corrected chi connectivity index (χ1v) is 9.37. The number of piperazine rings is 1. The van der Waals surface area contributed by atoms with Crippen molar-refractivity contribution in [3.63, 3.8) is 0 Å². The quantitative estimate of drug-likeness (QED) is 0.793. The average molecular weight is 417 g/mol. The molecule has 0 unspecified atom stereocenters. The second kappa shape index (κ2) is 8.97. The van der Waals surface area contributed by atoms with Crippen molar-refractivity contribution in [2.45, 2.75) is 6.18 Å². The molecule has 1 saturated heterocycles. The summed E-state index contributed by atoms with van der Waals surface area (Å²) in [6.07, 6.45) is -4.55. The number of nitriles is 1. The third-order valence-electron chi connectivity index (χ3n) is 4.91. The van der Waals surface area contributed by atoms with Gasteiger partial charge in [-0.05, 0) is 30.3 Å². The van der Waals surface area contributed by atoms with Crippen molar-refractivity contribution in [2.24, 2.45) is 0 Å². The highest BCUT2D eigenvalue weighted by molar-refractivity contribution is 5.94. The average Bonchev–Trinajstić information content (AvgIpc) is 2.73. The van der Waals surface area contributed by atoms with E-state index in [0.29, 0.717) is 37.3 Å². The predicted octanol–water partition coefficient (Wildman–Crippen LogP) is 1.56. The Balaban J connectivity index is 1.54. The first-order chi connectivity index (χ1) is 14.3. The number of nitrogens with one attached hydrogen (secondary N) is 2. The van der Waals surface area contributed by atoms with E-state index in [1.807, 2.05) is 6.07 Å². The number of carbonyl (C=O) groups excluding carboxylic acids is 2. The number of rotatable bonds is 4. The van der Waals surface area contributed by atoms with E-state index in [9.17, 15) is 22.8 Å². The van der Waals surface area contributed by atoms with Crippen LogP contribution in [0.4, 0.5) is 18.9 Å². The Labute approximate surface area is 171 Å². The highest BCUT2D eigenvalue weighted by Gasteiger charge is 2.34. The van der Waals surface area contributed by atoms with Gasteiger partial charge in [-0.2, -0.15) is 18.4 Å². The molecule has 0 aliphatic carbocycles. The molecule has 0 radical (unpaired) electrons. The molecule has 1 heterocycles. The number of alkyl halides is 3. The van der Waals surface area contributed by atoms with Gasteiger partial charge in [-0.15, -0.1) is 0 Å². The van der Waals surface area contributed by atoms with E-state index in [1.54, 1.807) is 23.1 Å². The van der Waals surface area contributed by atoms with Gasteiger partial charge in [-0.3, -0.25) is 9.59 Å². The molecule has 0 saturated carbocycles. The lowest BCUT2D eigenvalue weighted by molar-refractivity contribution is -0.895. The van der Waals surface area contributed by atoms with E-state index in [0.717, 1.165) is 11.0 Å². The molecule has 1 fully saturated rings. The maximum atomic E-state index is 13.1. The molecule has 2 aromatic carbocycles. The smallest absolute Gasteiger partial charge is 0.327 e. The summed E-state index contributed by atoms with van der Waals surface area (Å²) < 4.78 is 39.2. The van der Waals surface area contributed by atoms with E-state index in [1.165, 1.54) is 24.3 Å². The van der Waals surface area contributed by atoms with Gasteiger partial charge in [-0.25, -0.2) is 0 Å². The van der Waals surface area contributed by atoms with E-state index in [2.05, 4.69) is 5.32 Å². The number of quaternary nitrogens is 1. The maximum absolute atomic E-state index is 13.1. The Morgan fingerprint density at radius 2 is 1.80 bits per heavy atom. The normalized spacial score (nSPS) is 14.8. The van der Waals surface area contributed by atoms with Crippen molar-refractivity contribution < 1.29 is 27.7 Å². The van der Waals surface area contributed by atoms with Crippen LogP contribution in [0.25, 0.3) is 0 Å². The maximum Gasteiger partial charge on any atom is 0.418 e. The lowest BCUT2D eigenvalue weighted by Gasteiger charge is -2.32. The van der Waals surface area contributed by atoms with E-state index in [4.69, 9.17) is 5.26 Å². The third-order valence-corrected chi connectivity index (χ3v) is 4.91.